The number of amides is 1. The minimum atomic E-state index is -0.906. The van der Waals surface area contributed by atoms with Gasteiger partial charge in [-0.25, -0.2) is 8.78 Å². The van der Waals surface area contributed by atoms with Gasteiger partial charge in [0.25, 0.3) is 5.91 Å². The highest BCUT2D eigenvalue weighted by Gasteiger charge is 2.24. The van der Waals surface area contributed by atoms with Crippen molar-refractivity contribution in [3.8, 4) is 5.75 Å². The maximum absolute atomic E-state index is 13.8. The molecule has 5 heteroatoms. The lowest BCUT2D eigenvalue weighted by Gasteiger charge is -2.23. The minimum Gasteiger partial charge on any atom is -0.508 e. The third kappa shape index (κ3) is 2.86. The van der Waals surface area contributed by atoms with Crippen LogP contribution in [0.25, 0.3) is 0 Å². The monoisotopic (exact) mass is 291 g/mol. The first kappa shape index (κ1) is 15.0. The van der Waals surface area contributed by atoms with Crippen molar-refractivity contribution in [3.05, 3.63) is 59.2 Å². The number of phenols is 1. The number of hydrogen-bond acceptors (Lipinski definition) is 2. The minimum absolute atomic E-state index is 0.0177. The smallest absolute Gasteiger partial charge is 0.264 e. The van der Waals surface area contributed by atoms with Crippen molar-refractivity contribution in [3.63, 3.8) is 0 Å². The van der Waals surface area contributed by atoms with Crippen molar-refractivity contribution < 1.29 is 18.7 Å². The number of carbonyl (C=O) groups excluding carboxylic acids is 1. The summed E-state index contributed by atoms with van der Waals surface area (Å²) in [4.78, 5) is 13.7. The van der Waals surface area contributed by atoms with E-state index >= 15 is 0 Å². The number of rotatable bonds is 3. The zero-order valence-electron chi connectivity index (χ0n) is 11.7. The van der Waals surface area contributed by atoms with Gasteiger partial charge >= 0.3 is 0 Å². The molecule has 1 N–H and O–H groups in total. The predicted octanol–water partition coefficient (Wildman–Crippen LogP) is 3.65. The summed E-state index contributed by atoms with van der Waals surface area (Å²) in [5.41, 5.74) is 0.548. The van der Waals surface area contributed by atoms with Crippen LogP contribution in [-0.2, 0) is 0 Å². The molecule has 0 saturated heterocycles. The molecular weight excluding hydrogens is 276 g/mol. The summed E-state index contributed by atoms with van der Waals surface area (Å²) in [6.45, 7) is 3.67. The average Bonchev–Trinajstić information content (AvgIpc) is 2.43. The van der Waals surface area contributed by atoms with Gasteiger partial charge in [0.1, 0.15) is 22.9 Å². The van der Waals surface area contributed by atoms with E-state index in [0.29, 0.717) is 5.69 Å². The topological polar surface area (TPSA) is 40.5 Å². The number of halogens is 2. The number of nitrogens with zero attached hydrogens (tertiary/aromatic N) is 1. The molecule has 0 atom stereocenters. The Kier molecular flexibility index (Phi) is 4.21. The molecule has 0 saturated carbocycles. The van der Waals surface area contributed by atoms with Crippen molar-refractivity contribution in [2.24, 2.45) is 0 Å². The van der Waals surface area contributed by atoms with Crippen molar-refractivity contribution in [1.82, 2.24) is 0 Å². The summed E-state index contributed by atoms with van der Waals surface area (Å²) in [7, 11) is 0. The molecular formula is C16H15F2NO2. The second-order valence-electron chi connectivity index (χ2n) is 4.62. The molecule has 0 aliphatic heterocycles. The van der Waals surface area contributed by atoms with Gasteiger partial charge in [0, 0.05) is 12.6 Å². The van der Waals surface area contributed by atoms with Gasteiger partial charge in [-0.3, -0.25) is 4.79 Å². The van der Waals surface area contributed by atoms with Crippen LogP contribution in [0, 0.1) is 18.6 Å². The van der Waals surface area contributed by atoms with E-state index in [1.807, 2.05) is 0 Å². The highest BCUT2D eigenvalue weighted by atomic mass is 19.1. The first-order chi connectivity index (χ1) is 9.95. The van der Waals surface area contributed by atoms with Crippen LogP contribution in [0.5, 0.6) is 5.75 Å². The molecule has 2 rings (SSSR count). The van der Waals surface area contributed by atoms with E-state index in [1.165, 1.54) is 23.1 Å². The molecule has 0 aromatic heterocycles. The van der Waals surface area contributed by atoms with Crippen LogP contribution in [0.1, 0.15) is 22.8 Å². The van der Waals surface area contributed by atoms with Crippen LogP contribution in [0.15, 0.2) is 36.4 Å². The standard InChI is InChI=1S/C16H15F2NO2/c1-3-19(14-9-11(20)8-7-10(14)2)16(21)15-12(17)5-4-6-13(15)18/h4-9,20H,3H2,1-2H3. The second kappa shape index (κ2) is 5.91. The van der Waals surface area contributed by atoms with Crippen LogP contribution < -0.4 is 4.90 Å². The number of benzene rings is 2. The first-order valence-corrected chi connectivity index (χ1v) is 6.51. The third-order valence-corrected chi connectivity index (χ3v) is 3.22. The van der Waals surface area contributed by atoms with Crippen molar-refractivity contribution in [2.75, 3.05) is 11.4 Å². The molecule has 2 aromatic rings. The molecule has 2 aromatic carbocycles. The van der Waals surface area contributed by atoms with E-state index in [-0.39, 0.29) is 12.3 Å². The number of carbonyl (C=O) groups is 1. The maximum Gasteiger partial charge on any atom is 0.264 e. The molecule has 0 aliphatic carbocycles. The van der Waals surface area contributed by atoms with Crippen LogP contribution in [0.4, 0.5) is 14.5 Å². The summed E-state index contributed by atoms with van der Waals surface area (Å²) >= 11 is 0. The molecule has 0 heterocycles. The zero-order valence-corrected chi connectivity index (χ0v) is 11.7. The summed E-state index contributed by atoms with van der Waals surface area (Å²) in [5, 5.41) is 9.56. The highest BCUT2D eigenvalue weighted by molar-refractivity contribution is 6.06. The Labute approximate surface area is 121 Å². The molecule has 1 amide bonds. The summed E-state index contributed by atoms with van der Waals surface area (Å²) in [6, 6.07) is 7.81. The average molecular weight is 291 g/mol. The molecule has 0 radical (unpaired) electrons. The lowest BCUT2D eigenvalue weighted by molar-refractivity contribution is 0.0980. The summed E-state index contributed by atoms with van der Waals surface area (Å²) in [6.07, 6.45) is 0. The Morgan fingerprint density at radius 1 is 1.19 bits per heavy atom. The van der Waals surface area contributed by atoms with Gasteiger partial charge in [0.05, 0.1) is 5.69 Å². The SMILES string of the molecule is CCN(C(=O)c1c(F)cccc1F)c1cc(O)ccc1C. The van der Waals surface area contributed by atoms with E-state index in [2.05, 4.69) is 0 Å². The molecule has 21 heavy (non-hydrogen) atoms. The molecule has 0 fully saturated rings. The first-order valence-electron chi connectivity index (χ1n) is 6.51. The van der Waals surface area contributed by atoms with Gasteiger partial charge in [-0.1, -0.05) is 12.1 Å². The fourth-order valence-corrected chi connectivity index (χ4v) is 2.15. The lowest BCUT2D eigenvalue weighted by Crippen LogP contribution is -2.32. The van der Waals surface area contributed by atoms with E-state index in [4.69, 9.17) is 0 Å². The predicted molar refractivity (Wildman–Crippen MR) is 76.6 cm³/mol. The zero-order chi connectivity index (χ0) is 15.6. The third-order valence-electron chi connectivity index (χ3n) is 3.22. The van der Waals surface area contributed by atoms with Gasteiger partial charge in [-0.2, -0.15) is 0 Å². The van der Waals surface area contributed by atoms with E-state index in [9.17, 15) is 18.7 Å². The van der Waals surface area contributed by atoms with Crippen molar-refractivity contribution in [1.29, 1.82) is 0 Å². The Morgan fingerprint density at radius 3 is 2.38 bits per heavy atom. The van der Waals surface area contributed by atoms with Crippen LogP contribution in [-0.4, -0.2) is 17.6 Å². The van der Waals surface area contributed by atoms with E-state index in [1.54, 1.807) is 19.9 Å². The maximum atomic E-state index is 13.8. The molecule has 3 nitrogen and oxygen atoms in total. The fourth-order valence-electron chi connectivity index (χ4n) is 2.15. The Morgan fingerprint density at radius 2 is 1.81 bits per heavy atom. The Balaban J connectivity index is 2.51. The Bertz CT molecular complexity index is 666. The number of anilines is 1. The van der Waals surface area contributed by atoms with Crippen LogP contribution in [0.2, 0.25) is 0 Å². The van der Waals surface area contributed by atoms with Crippen molar-refractivity contribution >= 4 is 11.6 Å². The number of phenolic OH excluding ortho intramolecular Hbond substituents is 1. The largest absolute Gasteiger partial charge is 0.508 e. The second-order valence-corrected chi connectivity index (χ2v) is 4.62. The van der Waals surface area contributed by atoms with Crippen LogP contribution in [0.3, 0.4) is 0 Å². The molecule has 0 spiro atoms. The Hall–Kier alpha value is -2.43. The summed E-state index contributed by atoms with van der Waals surface area (Å²) < 4.78 is 27.5. The highest BCUT2D eigenvalue weighted by Crippen LogP contribution is 2.27. The van der Waals surface area contributed by atoms with Crippen LogP contribution >= 0.6 is 0 Å². The molecule has 0 aliphatic rings. The quantitative estimate of drug-likeness (QED) is 0.937. The fraction of sp³-hybridized carbons (Fsp3) is 0.188. The van der Waals surface area contributed by atoms with Gasteiger partial charge in [0.2, 0.25) is 0 Å². The molecule has 0 unspecified atom stereocenters. The van der Waals surface area contributed by atoms with Gasteiger partial charge in [-0.15, -0.1) is 0 Å². The van der Waals surface area contributed by atoms with E-state index in [0.717, 1.165) is 17.7 Å². The van der Waals surface area contributed by atoms with E-state index < -0.39 is 23.1 Å². The molecule has 0 bridgehead atoms. The number of hydrogen-bond donors (Lipinski definition) is 1. The van der Waals surface area contributed by atoms with Gasteiger partial charge in [-0.05, 0) is 37.6 Å². The van der Waals surface area contributed by atoms with Gasteiger partial charge in [0.15, 0.2) is 0 Å². The summed E-state index contributed by atoms with van der Waals surface area (Å²) in [5.74, 6) is -2.61. The lowest BCUT2D eigenvalue weighted by atomic mass is 10.1. The number of aryl methyl sites for hydroxylation is 1. The molecule has 110 valence electrons. The number of aromatic hydroxyl groups is 1. The van der Waals surface area contributed by atoms with Crippen molar-refractivity contribution in [2.45, 2.75) is 13.8 Å². The normalized spacial score (nSPS) is 10.5. The van der Waals surface area contributed by atoms with Gasteiger partial charge < -0.3 is 10.0 Å².